The zero-order valence-electron chi connectivity index (χ0n) is 32.0. The minimum absolute atomic E-state index is 0.0362. The van der Waals surface area contributed by atoms with Crippen LogP contribution in [0.3, 0.4) is 0 Å². The summed E-state index contributed by atoms with van der Waals surface area (Å²) in [6.45, 7) is 15.2. The summed E-state index contributed by atoms with van der Waals surface area (Å²) in [6.07, 6.45) is 4.64. The first kappa shape index (κ1) is 39.3. The van der Waals surface area contributed by atoms with Gasteiger partial charge in [-0.3, -0.25) is 19.2 Å². The smallest absolute Gasteiger partial charge is 0.303 e. The highest BCUT2D eigenvalue weighted by Crippen LogP contribution is 2.72. The molecule has 1 aliphatic heterocycles. The Morgan fingerprint density at radius 1 is 0.962 bits per heavy atom. The van der Waals surface area contributed by atoms with Gasteiger partial charge in [0.15, 0.2) is 6.10 Å². The van der Waals surface area contributed by atoms with Gasteiger partial charge in [0, 0.05) is 50.5 Å². The second-order valence-electron chi connectivity index (χ2n) is 15.6. The maximum Gasteiger partial charge on any atom is 0.303 e. The van der Waals surface area contributed by atoms with Gasteiger partial charge in [-0.05, 0) is 74.3 Å². The Bertz CT molecular complexity index is 1680. The Balaban J connectivity index is 1.83. The van der Waals surface area contributed by atoms with Crippen molar-refractivity contribution < 1.29 is 52.7 Å². The number of carbonyl (C=O) groups excluding carboxylic acids is 4. The predicted octanol–water partition coefficient (Wildman–Crippen LogP) is 5.78. The van der Waals surface area contributed by atoms with Crippen LogP contribution in [0.25, 0.3) is 5.57 Å². The molecule has 4 unspecified atom stereocenters. The molecule has 1 aromatic carbocycles. The van der Waals surface area contributed by atoms with Gasteiger partial charge in [0.1, 0.15) is 29.7 Å². The van der Waals surface area contributed by atoms with E-state index in [-0.39, 0.29) is 13.2 Å². The molecule has 11 heteroatoms. The molecule has 4 aliphatic rings. The van der Waals surface area contributed by atoms with Gasteiger partial charge in [0.05, 0.1) is 25.7 Å². The van der Waals surface area contributed by atoms with Gasteiger partial charge >= 0.3 is 23.9 Å². The highest BCUT2D eigenvalue weighted by atomic mass is 16.6. The van der Waals surface area contributed by atoms with Gasteiger partial charge in [-0.2, -0.15) is 0 Å². The minimum Gasteiger partial charge on any atom is -0.496 e. The van der Waals surface area contributed by atoms with Crippen molar-refractivity contribution in [3.05, 3.63) is 59.7 Å². The monoisotopic (exact) mass is 722 g/mol. The SMILES string of the molecule is COc1ccccc1/C(C)=C\[C@]1(O)C(C)=C[C@@H](OC(C)=O)[C@]2(C)C3[C@H](OC(C)=O)[C@H](OC(C)=O)[C@@]4(C(C)OC(C)=O)COCC=CC4[C@]3(C)CCC21. The predicted molar refractivity (Wildman–Crippen MR) is 192 cm³/mol. The Morgan fingerprint density at radius 3 is 2.23 bits per heavy atom. The first-order valence-corrected chi connectivity index (χ1v) is 18.0. The van der Waals surface area contributed by atoms with E-state index in [0.29, 0.717) is 24.2 Å². The molecule has 0 amide bonds. The van der Waals surface area contributed by atoms with Gasteiger partial charge in [0.2, 0.25) is 0 Å². The van der Waals surface area contributed by atoms with Crippen LogP contribution in [0.2, 0.25) is 0 Å². The molecule has 2 fully saturated rings. The molecule has 1 heterocycles. The minimum atomic E-state index is -1.54. The van der Waals surface area contributed by atoms with Crippen molar-refractivity contribution in [1.82, 2.24) is 0 Å². The zero-order valence-corrected chi connectivity index (χ0v) is 32.0. The van der Waals surface area contributed by atoms with E-state index >= 15 is 0 Å². The first-order valence-electron chi connectivity index (χ1n) is 18.0. The second-order valence-corrected chi connectivity index (χ2v) is 15.6. The molecule has 52 heavy (non-hydrogen) atoms. The zero-order chi connectivity index (χ0) is 38.4. The summed E-state index contributed by atoms with van der Waals surface area (Å²) in [6, 6.07) is 7.58. The van der Waals surface area contributed by atoms with E-state index in [0.717, 1.165) is 11.1 Å². The van der Waals surface area contributed by atoms with E-state index in [1.807, 2.05) is 63.3 Å². The van der Waals surface area contributed by atoms with E-state index in [1.165, 1.54) is 27.7 Å². The van der Waals surface area contributed by atoms with Crippen molar-refractivity contribution in [2.75, 3.05) is 20.3 Å². The van der Waals surface area contributed by atoms with Crippen molar-refractivity contribution >= 4 is 29.5 Å². The van der Waals surface area contributed by atoms with Crippen LogP contribution in [-0.2, 0) is 42.9 Å². The molecular formula is C41H54O11. The molecule has 11 atom stereocenters. The van der Waals surface area contributed by atoms with Crippen molar-refractivity contribution in [3.8, 4) is 5.75 Å². The van der Waals surface area contributed by atoms with Crippen molar-refractivity contribution in [3.63, 3.8) is 0 Å². The molecule has 0 saturated heterocycles. The number of ether oxygens (including phenoxy) is 6. The fourth-order valence-electron chi connectivity index (χ4n) is 10.7. The van der Waals surface area contributed by atoms with E-state index < -0.39 is 87.9 Å². The number of aliphatic hydroxyl groups is 1. The van der Waals surface area contributed by atoms with Gasteiger partial charge in [-0.15, -0.1) is 0 Å². The maximum atomic E-state index is 13.2. The van der Waals surface area contributed by atoms with Crippen LogP contribution in [-0.4, -0.2) is 79.3 Å². The lowest BCUT2D eigenvalue weighted by molar-refractivity contribution is -0.301. The van der Waals surface area contributed by atoms with Crippen LogP contribution < -0.4 is 4.74 Å². The summed E-state index contributed by atoms with van der Waals surface area (Å²) < 4.78 is 36.5. The molecule has 1 aromatic rings. The largest absolute Gasteiger partial charge is 0.496 e. The molecule has 11 nitrogen and oxygen atoms in total. The summed E-state index contributed by atoms with van der Waals surface area (Å²) in [7, 11) is 1.60. The average molecular weight is 723 g/mol. The lowest BCUT2D eigenvalue weighted by Gasteiger charge is -2.70. The van der Waals surface area contributed by atoms with E-state index in [2.05, 4.69) is 6.92 Å². The number of para-hydroxylation sites is 1. The molecular weight excluding hydrogens is 668 g/mol. The topological polar surface area (TPSA) is 144 Å². The quantitative estimate of drug-likeness (QED) is 0.198. The molecule has 0 radical (unpaired) electrons. The Hall–Kier alpha value is -3.96. The lowest BCUT2D eigenvalue weighted by atomic mass is 9.36. The molecule has 284 valence electrons. The van der Waals surface area contributed by atoms with Crippen molar-refractivity contribution in [2.24, 2.45) is 34.0 Å². The molecule has 2 saturated carbocycles. The normalized spacial score (nSPS) is 37.4. The Kier molecular flexibility index (Phi) is 10.9. The fraction of sp³-hybridized carbons (Fsp3) is 0.610. The fourth-order valence-corrected chi connectivity index (χ4v) is 10.7. The molecule has 5 rings (SSSR count). The molecule has 0 spiro atoms. The van der Waals surface area contributed by atoms with Crippen LogP contribution in [0, 0.1) is 34.0 Å². The Morgan fingerprint density at radius 2 is 1.62 bits per heavy atom. The Labute approximate surface area is 306 Å². The van der Waals surface area contributed by atoms with Gasteiger partial charge in [-0.25, -0.2) is 0 Å². The third-order valence-corrected chi connectivity index (χ3v) is 12.6. The van der Waals surface area contributed by atoms with E-state index in [9.17, 15) is 24.3 Å². The number of hydrogen-bond acceptors (Lipinski definition) is 11. The van der Waals surface area contributed by atoms with E-state index in [4.69, 9.17) is 28.4 Å². The number of rotatable bonds is 8. The number of methoxy groups -OCH3 is 1. The maximum absolute atomic E-state index is 13.2. The van der Waals surface area contributed by atoms with Crippen LogP contribution in [0.15, 0.2) is 54.1 Å². The average Bonchev–Trinajstić information content (AvgIpc) is 3.29. The van der Waals surface area contributed by atoms with Crippen molar-refractivity contribution in [2.45, 2.75) is 105 Å². The van der Waals surface area contributed by atoms with Crippen LogP contribution in [0.5, 0.6) is 5.75 Å². The van der Waals surface area contributed by atoms with Crippen LogP contribution >= 0.6 is 0 Å². The standard InChI is InChI=1S/C41H54O11/c1-23(30-14-11-12-15-31(30)47-10)21-41(46)24(2)20-34(50-27(5)43)39(9)33(41)17-18-38(8)32-16-13-19-48-22-40(32,25(3)49-26(4)42)37(52-29(7)45)35(36(38)39)51-28(6)44/h11-16,20-21,25,32-37,46H,17-19,22H2,1-10H3/b23-21-/t25?,32?,33?,34-,35+,36?,37+,38+,39-,40-,41+/m1/s1. The number of fused-ring (bicyclic) bond motifs is 5. The summed E-state index contributed by atoms with van der Waals surface area (Å²) in [5.74, 6) is -3.29. The number of esters is 4. The molecule has 0 bridgehead atoms. The summed E-state index contributed by atoms with van der Waals surface area (Å²) in [5.41, 5.74) is -2.40. The highest BCUT2D eigenvalue weighted by Gasteiger charge is 2.76. The lowest BCUT2D eigenvalue weighted by Crippen LogP contribution is -2.76. The number of benzene rings is 1. The molecule has 3 aliphatic carbocycles. The second kappa shape index (κ2) is 14.5. The summed E-state index contributed by atoms with van der Waals surface area (Å²) in [5, 5.41) is 13.1. The van der Waals surface area contributed by atoms with Gasteiger partial charge in [-0.1, -0.05) is 44.2 Å². The van der Waals surface area contributed by atoms with Crippen molar-refractivity contribution in [1.29, 1.82) is 0 Å². The number of carbonyl (C=O) groups is 4. The third kappa shape index (κ3) is 6.37. The number of allylic oxidation sites excluding steroid dienone is 2. The van der Waals surface area contributed by atoms with E-state index in [1.54, 1.807) is 20.1 Å². The third-order valence-electron chi connectivity index (χ3n) is 12.6. The highest BCUT2D eigenvalue weighted by molar-refractivity contribution is 5.71. The summed E-state index contributed by atoms with van der Waals surface area (Å²) in [4.78, 5) is 51.7. The number of hydrogen-bond donors (Lipinski definition) is 1. The molecule has 1 N–H and O–H groups in total. The van der Waals surface area contributed by atoms with Crippen LogP contribution in [0.4, 0.5) is 0 Å². The van der Waals surface area contributed by atoms with Crippen LogP contribution in [0.1, 0.15) is 80.7 Å². The van der Waals surface area contributed by atoms with Gasteiger partial charge in [0.25, 0.3) is 0 Å². The molecule has 0 aromatic heterocycles. The van der Waals surface area contributed by atoms with Gasteiger partial charge < -0.3 is 33.5 Å². The summed E-state index contributed by atoms with van der Waals surface area (Å²) >= 11 is 0. The first-order chi connectivity index (χ1) is 24.4.